The summed E-state index contributed by atoms with van der Waals surface area (Å²) in [4.78, 5) is 4.97. The van der Waals surface area contributed by atoms with Crippen LogP contribution in [0.5, 0.6) is 11.5 Å². The molecule has 0 spiro atoms. The number of para-hydroxylation sites is 2. The fourth-order valence-electron chi connectivity index (χ4n) is 4.93. The van der Waals surface area contributed by atoms with E-state index in [0.717, 1.165) is 39.4 Å². The van der Waals surface area contributed by atoms with E-state index >= 15 is 0 Å². The van der Waals surface area contributed by atoms with E-state index in [1.165, 1.54) is 5.57 Å². The first-order chi connectivity index (χ1) is 17.3. The monoisotopic (exact) mass is 459 g/mol. The van der Waals surface area contributed by atoms with Crippen LogP contribution in [0.25, 0.3) is 22.3 Å². The molecular formula is C30H25N3O2. The molecule has 172 valence electrons. The first kappa shape index (κ1) is 21.1. The molecule has 0 saturated carbocycles. The van der Waals surface area contributed by atoms with Crippen LogP contribution in [0.4, 0.5) is 5.95 Å². The number of anilines is 1. The normalized spacial score (nSPS) is 15.0. The molecule has 35 heavy (non-hydrogen) atoms. The maximum atomic E-state index is 5.70. The molecule has 0 bridgehead atoms. The van der Waals surface area contributed by atoms with Crippen LogP contribution < -0.4 is 14.8 Å². The predicted octanol–water partition coefficient (Wildman–Crippen LogP) is 6.64. The second-order valence-electron chi connectivity index (χ2n) is 8.46. The summed E-state index contributed by atoms with van der Waals surface area (Å²) in [6, 6.07) is 35.2. The van der Waals surface area contributed by atoms with Gasteiger partial charge in [0.2, 0.25) is 5.95 Å². The van der Waals surface area contributed by atoms with Gasteiger partial charge in [-0.25, -0.2) is 4.98 Å². The molecule has 0 fully saturated rings. The molecule has 0 radical (unpaired) electrons. The van der Waals surface area contributed by atoms with E-state index in [2.05, 4.69) is 88.7 Å². The Morgan fingerprint density at radius 3 is 2.09 bits per heavy atom. The minimum atomic E-state index is -0.143. The van der Waals surface area contributed by atoms with E-state index in [4.69, 9.17) is 14.5 Å². The van der Waals surface area contributed by atoms with Gasteiger partial charge in [0.15, 0.2) is 11.5 Å². The minimum Gasteiger partial charge on any atom is -0.493 e. The summed E-state index contributed by atoms with van der Waals surface area (Å²) >= 11 is 0. The number of ether oxygens (including phenoxy) is 2. The highest BCUT2D eigenvalue weighted by Crippen LogP contribution is 2.47. The third-order valence-corrected chi connectivity index (χ3v) is 6.50. The first-order valence-corrected chi connectivity index (χ1v) is 11.6. The molecule has 0 aliphatic carbocycles. The Balaban J connectivity index is 1.70. The van der Waals surface area contributed by atoms with Gasteiger partial charge in [-0.2, -0.15) is 0 Å². The van der Waals surface area contributed by atoms with Crippen molar-refractivity contribution in [3.8, 4) is 11.5 Å². The maximum Gasteiger partial charge on any atom is 0.209 e. The molecule has 1 unspecified atom stereocenters. The highest BCUT2D eigenvalue weighted by molar-refractivity contribution is 6.01. The van der Waals surface area contributed by atoms with Gasteiger partial charge in [0.05, 0.1) is 37.0 Å². The van der Waals surface area contributed by atoms with E-state index in [0.29, 0.717) is 11.5 Å². The van der Waals surface area contributed by atoms with Crippen LogP contribution in [0.3, 0.4) is 0 Å². The fraction of sp³-hybridized carbons (Fsp3) is 0.100. The Labute approximate surface area is 204 Å². The summed E-state index contributed by atoms with van der Waals surface area (Å²) < 4.78 is 13.5. The third-order valence-electron chi connectivity index (χ3n) is 6.50. The molecular weight excluding hydrogens is 434 g/mol. The van der Waals surface area contributed by atoms with Crippen molar-refractivity contribution < 1.29 is 9.47 Å². The Morgan fingerprint density at radius 1 is 0.714 bits per heavy atom. The van der Waals surface area contributed by atoms with Crippen LogP contribution >= 0.6 is 0 Å². The second kappa shape index (κ2) is 8.69. The van der Waals surface area contributed by atoms with Gasteiger partial charge in [-0.3, -0.25) is 4.57 Å². The second-order valence-corrected chi connectivity index (χ2v) is 8.46. The SMILES string of the molecule is COc1ccc(C2C(c3ccccc3)=C(c3ccccc3)Nc3nc4ccccc4n32)cc1OC. The Kier molecular flexibility index (Phi) is 5.23. The number of nitrogens with one attached hydrogen (secondary N) is 1. The molecule has 1 aliphatic rings. The molecule has 5 nitrogen and oxygen atoms in total. The smallest absolute Gasteiger partial charge is 0.209 e. The molecule has 5 heteroatoms. The van der Waals surface area contributed by atoms with Gasteiger partial charge in [0, 0.05) is 5.57 Å². The Morgan fingerprint density at radius 2 is 1.37 bits per heavy atom. The number of hydrogen-bond donors (Lipinski definition) is 1. The maximum absolute atomic E-state index is 5.70. The topological polar surface area (TPSA) is 48.3 Å². The van der Waals surface area contributed by atoms with Crippen molar-refractivity contribution in [2.24, 2.45) is 0 Å². The number of aromatic nitrogens is 2. The zero-order valence-corrected chi connectivity index (χ0v) is 19.6. The van der Waals surface area contributed by atoms with Gasteiger partial charge in [-0.1, -0.05) is 78.9 Å². The van der Waals surface area contributed by atoms with Crippen molar-refractivity contribution >= 4 is 28.3 Å². The van der Waals surface area contributed by atoms with Crippen LogP contribution in [0.1, 0.15) is 22.7 Å². The number of rotatable bonds is 5. The zero-order chi connectivity index (χ0) is 23.8. The van der Waals surface area contributed by atoms with Crippen molar-refractivity contribution in [3.63, 3.8) is 0 Å². The van der Waals surface area contributed by atoms with Gasteiger partial charge in [0.25, 0.3) is 0 Å². The molecule has 1 aromatic heterocycles. The van der Waals surface area contributed by atoms with E-state index in [1.807, 2.05) is 24.3 Å². The summed E-state index contributed by atoms with van der Waals surface area (Å²) in [6.45, 7) is 0. The number of hydrogen-bond acceptors (Lipinski definition) is 4. The quantitative estimate of drug-likeness (QED) is 0.320. The average molecular weight is 460 g/mol. The highest BCUT2D eigenvalue weighted by atomic mass is 16.5. The van der Waals surface area contributed by atoms with Crippen molar-refractivity contribution in [1.29, 1.82) is 0 Å². The number of fused-ring (bicyclic) bond motifs is 3. The van der Waals surface area contributed by atoms with Crippen molar-refractivity contribution in [2.75, 3.05) is 19.5 Å². The number of methoxy groups -OCH3 is 2. The van der Waals surface area contributed by atoms with E-state index in [-0.39, 0.29) is 6.04 Å². The van der Waals surface area contributed by atoms with Crippen molar-refractivity contribution in [2.45, 2.75) is 6.04 Å². The van der Waals surface area contributed by atoms with Gasteiger partial charge in [-0.15, -0.1) is 0 Å². The molecule has 5 aromatic rings. The fourth-order valence-corrected chi connectivity index (χ4v) is 4.93. The lowest BCUT2D eigenvalue weighted by molar-refractivity contribution is 0.354. The van der Waals surface area contributed by atoms with E-state index < -0.39 is 0 Å². The number of imidazole rings is 1. The minimum absolute atomic E-state index is 0.143. The molecule has 6 rings (SSSR count). The molecule has 0 amide bonds. The van der Waals surface area contributed by atoms with Gasteiger partial charge in [0.1, 0.15) is 0 Å². The van der Waals surface area contributed by atoms with Crippen molar-refractivity contribution in [1.82, 2.24) is 9.55 Å². The molecule has 1 N–H and O–H groups in total. The summed E-state index contributed by atoms with van der Waals surface area (Å²) in [6.07, 6.45) is 0. The number of allylic oxidation sites excluding steroid dienone is 1. The zero-order valence-electron chi connectivity index (χ0n) is 19.6. The lowest BCUT2D eigenvalue weighted by Gasteiger charge is -2.33. The van der Waals surface area contributed by atoms with E-state index in [1.54, 1.807) is 14.2 Å². The predicted molar refractivity (Wildman–Crippen MR) is 141 cm³/mol. The van der Waals surface area contributed by atoms with Gasteiger partial charge < -0.3 is 14.8 Å². The Bertz CT molecular complexity index is 1540. The van der Waals surface area contributed by atoms with Gasteiger partial charge in [-0.05, 0) is 41.0 Å². The van der Waals surface area contributed by atoms with Crippen LogP contribution in [0, 0.1) is 0 Å². The molecule has 1 atom stereocenters. The van der Waals surface area contributed by atoms with Crippen LogP contribution in [-0.2, 0) is 0 Å². The Hall–Kier alpha value is -4.51. The largest absolute Gasteiger partial charge is 0.493 e. The average Bonchev–Trinajstić information content (AvgIpc) is 3.31. The molecule has 1 aliphatic heterocycles. The first-order valence-electron chi connectivity index (χ1n) is 11.6. The highest BCUT2D eigenvalue weighted by Gasteiger charge is 2.33. The third kappa shape index (κ3) is 3.53. The molecule has 2 heterocycles. The lowest BCUT2D eigenvalue weighted by Crippen LogP contribution is -2.23. The van der Waals surface area contributed by atoms with Crippen molar-refractivity contribution in [3.05, 3.63) is 120 Å². The summed E-state index contributed by atoms with van der Waals surface area (Å²) in [5.74, 6) is 2.21. The van der Waals surface area contributed by atoms with Crippen LogP contribution in [-0.4, -0.2) is 23.8 Å². The number of benzene rings is 4. The lowest BCUT2D eigenvalue weighted by atomic mass is 9.87. The summed E-state index contributed by atoms with van der Waals surface area (Å²) in [5, 5.41) is 3.68. The molecule has 4 aromatic carbocycles. The molecule has 0 saturated heterocycles. The van der Waals surface area contributed by atoms with Crippen LogP contribution in [0.2, 0.25) is 0 Å². The van der Waals surface area contributed by atoms with Crippen LogP contribution in [0.15, 0.2) is 103 Å². The van der Waals surface area contributed by atoms with E-state index in [9.17, 15) is 0 Å². The standard InChI is InChI=1S/C30H25N3O2/c1-34-25-18-17-22(19-26(25)35-2)29-27(20-11-5-3-6-12-20)28(21-13-7-4-8-14-21)32-30-31-23-15-9-10-16-24(23)33(29)30/h3-19,29H,1-2H3,(H,31,32). The van der Waals surface area contributed by atoms with Gasteiger partial charge >= 0.3 is 0 Å². The number of nitrogens with zero attached hydrogens (tertiary/aromatic N) is 2. The summed E-state index contributed by atoms with van der Waals surface area (Å²) in [5.41, 5.74) is 7.55. The summed E-state index contributed by atoms with van der Waals surface area (Å²) in [7, 11) is 3.33.